The Morgan fingerprint density at radius 1 is 1.17 bits per heavy atom. The van der Waals surface area contributed by atoms with Gasteiger partial charge >= 0.3 is 105 Å². The fraction of sp³-hybridized carbons (Fsp3) is 0. The average molecular weight is 185 g/mol. The Labute approximate surface area is 103 Å². The second kappa shape index (κ2) is 3.05. The van der Waals surface area contributed by atoms with Crippen LogP contribution in [0.4, 0.5) is 0 Å². The van der Waals surface area contributed by atoms with Gasteiger partial charge in [-0.15, -0.1) is 0 Å². The first-order valence-electron chi connectivity index (χ1n) is 3.65. The van der Waals surface area contributed by atoms with E-state index in [1.54, 1.807) is 6.07 Å². The zero-order valence-corrected chi connectivity index (χ0v) is 9.67. The predicted molar refractivity (Wildman–Crippen MR) is 43.6 cm³/mol. The molecule has 0 saturated carbocycles. The van der Waals surface area contributed by atoms with E-state index < -0.39 is 0 Å². The molecule has 1 aliphatic heterocycles. The first-order valence-corrected chi connectivity index (χ1v) is 5.21. The van der Waals surface area contributed by atoms with Crippen molar-refractivity contribution in [3.63, 3.8) is 0 Å². The van der Waals surface area contributed by atoms with Crippen molar-refractivity contribution in [2.24, 2.45) is 0 Å². The van der Waals surface area contributed by atoms with E-state index in [4.69, 9.17) is 0 Å². The van der Waals surface area contributed by atoms with Crippen LogP contribution in [0.5, 0.6) is 0 Å². The molecule has 12 heavy (non-hydrogen) atoms. The zero-order valence-electron chi connectivity index (χ0n) is 6.55. The number of carbonyl (C=O) groups excluding carboxylic acids is 2. The minimum absolute atomic E-state index is 0.237. The normalized spacial score (nSPS) is 14.5. The van der Waals surface area contributed by atoms with Gasteiger partial charge in [0.1, 0.15) is 0 Å². The number of hydrogen-bond acceptors (Lipinski definition) is 2. The maximum atomic E-state index is 11.2. The van der Waals surface area contributed by atoms with E-state index in [0.29, 0.717) is 60.1 Å². The molecule has 1 heterocycles. The SMILES string of the molecule is O=C1NC(=O)c2[c]([K])cccc21. The Balaban J connectivity index is 2.75. The molecular weight excluding hydrogens is 181 g/mol. The fourth-order valence-corrected chi connectivity index (χ4v) is 2.47. The van der Waals surface area contributed by atoms with Crippen molar-refractivity contribution in [3.05, 3.63) is 29.3 Å². The second-order valence-corrected chi connectivity index (χ2v) is 4.46. The number of imide groups is 1. The quantitative estimate of drug-likeness (QED) is 0.432. The third-order valence-corrected chi connectivity index (χ3v) is 3.27. The third-order valence-electron chi connectivity index (χ3n) is 1.97. The second-order valence-electron chi connectivity index (χ2n) is 2.78. The summed E-state index contributed by atoms with van der Waals surface area (Å²) >= 11 is 0.431. The molecule has 0 unspecified atom stereocenters. The molecule has 4 heteroatoms. The van der Waals surface area contributed by atoms with E-state index in [1.807, 2.05) is 12.1 Å². The summed E-state index contributed by atoms with van der Waals surface area (Å²) in [6.45, 7) is 0. The molecule has 0 radical (unpaired) electrons. The van der Waals surface area contributed by atoms with Crippen molar-refractivity contribution < 1.29 is 9.59 Å². The number of amides is 2. The maximum absolute atomic E-state index is 11.2. The zero-order chi connectivity index (χ0) is 8.72. The van der Waals surface area contributed by atoms with Crippen LogP contribution < -0.4 is 4.97 Å². The van der Waals surface area contributed by atoms with E-state index in [1.165, 1.54) is 0 Å². The molecule has 1 aliphatic rings. The first-order chi connectivity index (χ1) is 5.70. The van der Waals surface area contributed by atoms with Crippen LogP contribution in [0, 0.1) is 0 Å². The fourth-order valence-electron chi connectivity index (χ4n) is 1.39. The number of hydrogen-bond donors (Lipinski definition) is 1. The van der Waals surface area contributed by atoms with Gasteiger partial charge in [0, 0.05) is 0 Å². The molecule has 1 N–H and O–H groups in total. The van der Waals surface area contributed by atoms with Gasteiger partial charge < -0.3 is 0 Å². The summed E-state index contributed by atoms with van der Waals surface area (Å²) in [5.74, 6) is -0.500. The molecule has 0 saturated heterocycles. The summed E-state index contributed by atoms with van der Waals surface area (Å²) in [5, 5.41) is 2.28. The Bertz CT molecular complexity index is 387. The number of rotatable bonds is 0. The molecule has 0 aliphatic carbocycles. The first kappa shape index (κ1) is 8.59. The Kier molecular flexibility index (Phi) is 2.18. The van der Waals surface area contributed by atoms with Gasteiger partial charge in [0.05, 0.1) is 0 Å². The standard InChI is InChI=1S/C8H4NO2.K/c10-7-5-3-1-2-4-6(5)8(11)9-7;/h1-3H,(H,9,10,11);. The van der Waals surface area contributed by atoms with Crippen molar-refractivity contribution in [1.82, 2.24) is 5.32 Å². The minimum atomic E-state index is -0.263. The van der Waals surface area contributed by atoms with E-state index in [0.717, 1.165) is -0.342 Å². The predicted octanol–water partition coefficient (Wildman–Crippen LogP) is -0.636. The number of benzene rings is 1. The molecule has 54 valence electrons. The van der Waals surface area contributed by atoms with Gasteiger partial charge in [-0.3, -0.25) is 0 Å². The van der Waals surface area contributed by atoms with Gasteiger partial charge in [0.15, 0.2) is 0 Å². The summed E-state index contributed by atoms with van der Waals surface area (Å²) in [5.41, 5.74) is 1.13. The number of fused-ring (bicyclic) bond motifs is 1. The molecule has 0 aromatic heterocycles. The van der Waals surface area contributed by atoms with Crippen LogP contribution in [0.2, 0.25) is 0 Å². The molecule has 0 bridgehead atoms. The van der Waals surface area contributed by atoms with Crippen LogP contribution in [-0.4, -0.2) is 60.8 Å². The topological polar surface area (TPSA) is 46.2 Å². The monoisotopic (exact) mass is 185 g/mol. The van der Waals surface area contributed by atoms with E-state index in [-0.39, 0.29) is 11.8 Å². The van der Waals surface area contributed by atoms with Crippen LogP contribution in [0.1, 0.15) is 20.7 Å². The molecule has 0 spiro atoms. The van der Waals surface area contributed by atoms with Crippen molar-refractivity contribution in [1.29, 1.82) is 0 Å². The molecular formula is C8H4KNO2. The van der Waals surface area contributed by atoms with Crippen LogP contribution in [0.25, 0.3) is 0 Å². The van der Waals surface area contributed by atoms with Gasteiger partial charge in [0.25, 0.3) is 0 Å². The van der Waals surface area contributed by atoms with E-state index >= 15 is 0 Å². The van der Waals surface area contributed by atoms with Crippen LogP contribution in [0.15, 0.2) is 18.2 Å². The summed E-state index contributed by atoms with van der Waals surface area (Å²) in [6, 6.07) is 5.40. The van der Waals surface area contributed by atoms with E-state index in [2.05, 4.69) is 5.32 Å². The Morgan fingerprint density at radius 3 is 2.58 bits per heavy atom. The molecule has 1 aromatic rings. The van der Waals surface area contributed by atoms with Crippen molar-refractivity contribution in [2.45, 2.75) is 0 Å². The summed E-state index contributed by atoms with van der Waals surface area (Å²) in [6.07, 6.45) is 0. The van der Waals surface area contributed by atoms with Crippen LogP contribution in [0.3, 0.4) is 0 Å². The molecule has 0 fully saturated rings. The molecule has 0 atom stereocenters. The molecule has 3 nitrogen and oxygen atoms in total. The van der Waals surface area contributed by atoms with Crippen molar-refractivity contribution >= 4 is 60.4 Å². The van der Waals surface area contributed by atoms with Gasteiger partial charge in [0.2, 0.25) is 0 Å². The number of carbonyl (C=O) groups is 2. The van der Waals surface area contributed by atoms with Crippen LogP contribution >= 0.6 is 0 Å². The van der Waals surface area contributed by atoms with Gasteiger partial charge in [-0.1, -0.05) is 0 Å². The molecule has 2 rings (SSSR count). The van der Waals surface area contributed by atoms with Crippen molar-refractivity contribution in [2.75, 3.05) is 0 Å². The van der Waals surface area contributed by atoms with Crippen LogP contribution in [-0.2, 0) is 0 Å². The van der Waals surface area contributed by atoms with Gasteiger partial charge in [-0.25, -0.2) is 0 Å². The third kappa shape index (κ3) is 1.20. The average Bonchev–Trinajstić information content (AvgIpc) is 2.29. The molecule has 1 aromatic carbocycles. The summed E-state index contributed by atoms with van der Waals surface area (Å²) < 4.78 is 1.03. The summed E-state index contributed by atoms with van der Waals surface area (Å²) in [4.78, 5) is 22.3. The van der Waals surface area contributed by atoms with Gasteiger partial charge in [-0.2, -0.15) is 0 Å². The summed E-state index contributed by atoms with van der Waals surface area (Å²) in [7, 11) is 0. The van der Waals surface area contributed by atoms with E-state index in [9.17, 15) is 9.59 Å². The molecule has 2 amide bonds. The van der Waals surface area contributed by atoms with Gasteiger partial charge in [-0.05, 0) is 0 Å². The Morgan fingerprint density at radius 2 is 1.92 bits per heavy atom. The van der Waals surface area contributed by atoms with Crippen molar-refractivity contribution in [3.8, 4) is 0 Å². The number of nitrogens with one attached hydrogen (secondary N) is 1. The Hall–Kier alpha value is -0.00364.